The Morgan fingerprint density at radius 3 is 2.39 bits per heavy atom. The Hall–Kier alpha value is -2.63. The molecule has 3 fully saturated rings. The van der Waals surface area contributed by atoms with Gasteiger partial charge in [-0.1, -0.05) is 17.3 Å². The molecule has 2 aliphatic carbocycles. The van der Waals surface area contributed by atoms with Crippen LogP contribution in [0.5, 0.6) is 0 Å². The SMILES string of the molecule is CCc1c([C@@H](S[C@@H]2O[C@H](CO)[C@H](O)[C@H](n3cc(-c4cc(F)c(F)c(F)c4)nn3)[C@H]2OC)C2(O)CCC(F)(F)CC2)noc1C1CC1. The molecular formula is C30H35F5N4O6S. The van der Waals surface area contributed by atoms with E-state index < -0.39 is 83.5 Å². The Kier molecular flexibility index (Phi) is 9.23. The Balaban J connectivity index is 1.36. The maximum atomic E-state index is 14.3. The zero-order valence-corrected chi connectivity index (χ0v) is 25.9. The van der Waals surface area contributed by atoms with Crippen LogP contribution in [0, 0.1) is 17.5 Å². The number of alkyl halides is 2. The molecule has 3 aromatic rings. The van der Waals surface area contributed by atoms with Gasteiger partial charge in [0.15, 0.2) is 17.5 Å². The number of aromatic nitrogens is 4. The predicted molar refractivity (Wildman–Crippen MR) is 153 cm³/mol. The van der Waals surface area contributed by atoms with Crippen LogP contribution in [0.1, 0.15) is 79.7 Å². The lowest BCUT2D eigenvalue weighted by molar-refractivity contribution is -0.186. The van der Waals surface area contributed by atoms with Crippen LogP contribution >= 0.6 is 11.8 Å². The fourth-order valence-electron chi connectivity index (χ4n) is 6.43. The molecule has 6 atom stereocenters. The minimum Gasteiger partial charge on any atom is -0.394 e. The van der Waals surface area contributed by atoms with Crippen LogP contribution in [0.4, 0.5) is 22.0 Å². The number of aliphatic hydroxyl groups is 3. The first-order valence-electron chi connectivity index (χ1n) is 15.2. The highest BCUT2D eigenvalue weighted by Gasteiger charge is 2.54. The lowest BCUT2D eigenvalue weighted by Gasteiger charge is -2.46. The average Bonchev–Trinajstić information content (AvgIpc) is 3.60. The van der Waals surface area contributed by atoms with Gasteiger partial charge in [-0.3, -0.25) is 0 Å². The van der Waals surface area contributed by atoms with E-state index in [1.165, 1.54) is 18.0 Å². The maximum Gasteiger partial charge on any atom is 0.248 e. The summed E-state index contributed by atoms with van der Waals surface area (Å²) in [7, 11) is 1.35. The highest BCUT2D eigenvalue weighted by atomic mass is 32.2. The molecule has 1 aliphatic heterocycles. The van der Waals surface area contributed by atoms with E-state index in [1.54, 1.807) is 0 Å². The van der Waals surface area contributed by atoms with Gasteiger partial charge in [0.25, 0.3) is 0 Å². The molecule has 0 unspecified atom stereocenters. The van der Waals surface area contributed by atoms with E-state index in [4.69, 9.17) is 14.0 Å². The molecule has 3 aliphatic rings. The number of hydrogen-bond donors (Lipinski definition) is 3. The monoisotopic (exact) mass is 674 g/mol. The van der Waals surface area contributed by atoms with E-state index in [9.17, 15) is 37.3 Å². The quantitative estimate of drug-likeness (QED) is 0.203. The van der Waals surface area contributed by atoms with Crippen LogP contribution in [0.15, 0.2) is 22.9 Å². The first kappa shape index (κ1) is 33.3. The van der Waals surface area contributed by atoms with Crippen molar-refractivity contribution in [3.8, 4) is 11.3 Å². The second-order valence-electron chi connectivity index (χ2n) is 12.3. The van der Waals surface area contributed by atoms with E-state index in [2.05, 4.69) is 15.5 Å². The topological polar surface area (TPSA) is 136 Å². The largest absolute Gasteiger partial charge is 0.394 e. The van der Waals surface area contributed by atoms with Gasteiger partial charge in [0.2, 0.25) is 5.92 Å². The summed E-state index contributed by atoms with van der Waals surface area (Å²) in [5, 5.41) is 44.9. The second kappa shape index (κ2) is 12.8. The summed E-state index contributed by atoms with van der Waals surface area (Å²) in [5.41, 5.74) is -1.57. The Labute approximate surface area is 265 Å². The molecular weight excluding hydrogens is 639 g/mol. The van der Waals surface area contributed by atoms with Crippen LogP contribution < -0.4 is 0 Å². The molecule has 46 heavy (non-hydrogen) atoms. The van der Waals surface area contributed by atoms with Crippen LogP contribution in [-0.2, 0) is 15.9 Å². The number of hydrogen-bond acceptors (Lipinski definition) is 10. The van der Waals surface area contributed by atoms with E-state index in [0.717, 1.165) is 42.3 Å². The van der Waals surface area contributed by atoms with Gasteiger partial charge >= 0.3 is 0 Å². The predicted octanol–water partition coefficient (Wildman–Crippen LogP) is 4.84. The van der Waals surface area contributed by atoms with Crippen molar-refractivity contribution in [3.05, 3.63) is 52.8 Å². The number of methoxy groups -OCH3 is 1. The van der Waals surface area contributed by atoms with Crippen molar-refractivity contribution >= 4 is 11.8 Å². The van der Waals surface area contributed by atoms with E-state index in [0.29, 0.717) is 17.9 Å². The summed E-state index contributed by atoms with van der Waals surface area (Å²) in [6, 6.07) is 0.434. The van der Waals surface area contributed by atoms with Gasteiger partial charge in [0, 0.05) is 37.0 Å². The zero-order chi connectivity index (χ0) is 33.0. The second-order valence-corrected chi connectivity index (χ2v) is 13.5. The summed E-state index contributed by atoms with van der Waals surface area (Å²) in [5.74, 6) is -6.49. The van der Waals surface area contributed by atoms with Crippen LogP contribution in [0.25, 0.3) is 11.3 Å². The Morgan fingerprint density at radius 1 is 1.13 bits per heavy atom. The molecule has 252 valence electrons. The molecule has 2 saturated carbocycles. The number of rotatable bonds is 10. The van der Waals surface area contributed by atoms with Crippen molar-refractivity contribution in [2.75, 3.05) is 13.7 Å². The molecule has 0 bridgehead atoms. The third-order valence-corrected chi connectivity index (χ3v) is 10.8. The summed E-state index contributed by atoms with van der Waals surface area (Å²) in [4.78, 5) is 0. The zero-order valence-electron chi connectivity index (χ0n) is 25.1. The Bertz CT molecular complexity index is 1520. The molecule has 10 nitrogen and oxygen atoms in total. The van der Waals surface area contributed by atoms with Gasteiger partial charge in [-0.2, -0.15) is 0 Å². The summed E-state index contributed by atoms with van der Waals surface area (Å²) in [6.07, 6.45) is -1.44. The van der Waals surface area contributed by atoms with E-state index >= 15 is 0 Å². The minimum atomic E-state index is -2.92. The first-order valence-corrected chi connectivity index (χ1v) is 16.1. The highest BCUT2D eigenvalue weighted by molar-refractivity contribution is 8.00. The van der Waals surface area contributed by atoms with Crippen molar-refractivity contribution in [2.24, 2.45) is 0 Å². The smallest absolute Gasteiger partial charge is 0.248 e. The molecule has 1 saturated heterocycles. The first-order chi connectivity index (χ1) is 21.9. The normalized spacial score (nSPS) is 28.3. The fraction of sp³-hybridized carbons (Fsp3) is 0.633. The fourth-order valence-corrected chi connectivity index (χ4v) is 8.14. The number of aliphatic hydroxyl groups excluding tert-OH is 2. The number of ether oxygens (including phenoxy) is 2. The summed E-state index contributed by atoms with van der Waals surface area (Å²) < 4.78 is 89.0. The van der Waals surface area contributed by atoms with Crippen LogP contribution in [0.2, 0.25) is 0 Å². The molecule has 0 amide bonds. The lowest BCUT2D eigenvalue weighted by atomic mass is 9.78. The standard InChI is InChI=1S/C30H35F5N4O6S/c1-3-16-22(37-45-25(16)14-4-5-14)27(29(42)6-8-30(34,35)9-7-29)46-28-26(43-2)23(24(41)20(13-40)44-28)39-12-19(36-38-39)15-10-17(31)21(33)18(32)11-15/h10-12,14,20,23-24,26-28,40-42H,3-9,13H2,1-2H3/t20-,23+,24+,26-,27-,28+/m1/s1. The lowest BCUT2D eigenvalue weighted by Crippen LogP contribution is -2.56. The van der Waals surface area contributed by atoms with Crippen molar-refractivity contribution in [1.82, 2.24) is 20.2 Å². The van der Waals surface area contributed by atoms with Crippen molar-refractivity contribution in [2.45, 2.75) is 104 Å². The average molecular weight is 675 g/mol. The molecule has 2 aromatic heterocycles. The molecule has 16 heteroatoms. The number of thioether (sulfide) groups is 1. The van der Waals surface area contributed by atoms with Crippen molar-refractivity contribution in [3.63, 3.8) is 0 Å². The van der Waals surface area contributed by atoms with Gasteiger partial charge in [-0.15, -0.1) is 16.9 Å². The molecule has 0 spiro atoms. The Morgan fingerprint density at radius 2 is 1.80 bits per heavy atom. The van der Waals surface area contributed by atoms with Crippen molar-refractivity contribution < 1.29 is 51.3 Å². The third kappa shape index (κ3) is 6.19. The summed E-state index contributed by atoms with van der Waals surface area (Å²) >= 11 is 1.07. The molecule has 1 aromatic carbocycles. The highest BCUT2D eigenvalue weighted by Crippen LogP contribution is 2.54. The van der Waals surface area contributed by atoms with Crippen molar-refractivity contribution in [1.29, 1.82) is 0 Å². The van der Waals surface area contributed by atoms with Gasteiger partial charge in [0.1, 0.15) is 46.9 Å². The maximum absolute atomic E-state index is 14.3. The van der Waals surface area contributed by atoms with E-state index in [1.807, 2.05) is 6.92 Å². The van der Waals surface area contributed by atoms with Gasteiger partial charge in [-0.05, 0) is 44.2 Å². The molecule has 0 radical (unpaired) electrons. The number of nitrogens with zero attached hydrogens (tertiary/aromatic N) is 4. The van der Waals surface area contributed by atoms with Gasteiger partial charge < -0.3 is 29.3 Å². The van der Waals surface area contributed by atoms with Gasteiger partial charge in [0.05, 0.1) is 23.7 Å². The molecule has 6 rings (SSSR count). The van der Waals surface area contributed by atoms with Crippen LogP contribution in [0.3, 0.4) is 0 Å². The molecule has 3 N–H and O–H groups in total. The summed E-state index contributed by atoms with van der Waals surface area (Å²) in [6.45, 7) is 1.30. The third-order valence-electron chi connectivity index (χ3n) is 9.20. The number of halogens is 5. The molecule has 3 heterocycles. The van der Waals surface area contributed by atoms with E-state index in [-0.39, 0.29) is 30.0 Å². The van der Waals surface area contributed by atoms with Gasteiger partial charge in [-0.25, -0.2) is 26.6 Å². The minimum absolute atomic E-state index is 0.0331. The van der Waals surface area contributed by atoms with Crippen LogP contribution in [-0.4, -0.2) is 84.5 Å². The number of benzene rings is 1.